The van der Waals surface area contributed by atoms with Gasteiger partial charge in [-0.25, -0.2) is 4.79 Å². The average Bonchev–Trinajstić information content (AvgIpc) is 2.37. The van der Waals surface area contributed by atoms with E-state index < -0.39 is 5.97 Å². The predicted octanol–water partition coefficient (Wildman–Crippen LogP) is 2.88. The number of nitrogens with zero attached hydrogens (tertiary/aromatic N) is 1. The lowest BCUT2D eigenvalue weighted by Crippen LogP contribution is -2.33. The SMILES string of the molecule is C=CC(=O)OC.C=Cc1ccccc1C[N+](C)(C)C. The molecule has 0 atom stereocenters. The second-order valence-electron chi connectivity index (χ2n) is 5.08. The Morgan fingerprint density at radius 3 is 2.21 bits per heavy atom. The van der Waals surface area contributed by atoms with Crippen molar-refractivity contribution in [2.75, 3.05) is 28.3 Å². The highest BCUT2D eigenvalue weighted by molar-refractivity contribution is 5.80. The van der Waals surface area contributed by atoms with Gasteiger partial charge in [-0.1, -0.05) is 43.5 Å². The van der Waals surface area contributed by atoms with Gasteiger partial charge in [0.2, 0.25) is 0 Å². The molecular weight excluding hydrogens is 238 g/mol. The molecule has 3 nitrogen and oxygen atoms in total. The number of hydrogen-bond acceptors (Lipinski definition) is 2. The molecule has 0 spiro atoms. The van der Waals surface area contributed by atoms with Gasteiger partial charge in [0.05, 0.1) is 28.3 Å². The predicted molar refractivity (Wildman–Crippen MR) is 80.5 cm³/mol. The van der Waals surface area contributed by atoms with E-state index in [-0.39, 0.29) is 0 Å². The van der Waals surface area contributed by atoms with E-state index in [0.29, 0.717) is 0 Å². The largest absolute Gasteiger partial charge is 0.466 e. The number of carbonyl (C=O) groups excluding carboxylic acids is 1. The van der Waals surface area contributed by atoms with Crippen molar-refractivity contribution in [1.29, 1.82) is 0 Å². The van der Waals surface area contributed by atoms with Crippen molar-refractivity contribution < 1.29 is 14.0 Å². The molecule has 0 fully saturated rings. The second-order valence-corrected chi connectivity index (χ2v) is 5.08. The summed E-state index contributed by atoms with van der Waals surface area (Å²) in [7, 11) is 7.89. The third kappa shape index (κ3) is 7.95. The number of benzene rings is 1. The van der Waals surface area contributed by atoms with Gasteiger partial charge >= 0.3 is 5.97 Å². The zero-order valence-electron chi connectivity index (χ0n) is 12.3. The summed E-state index contributed by atoms with van der Waals surface area (Å²) in [5.41, 5.74) is 2.61. The van der Waals surface area contributed by atoms with Gasteiger partial charge in [-0.05, 0) is 5.56 Å². The van der Waals surface area contributed by atoms with Crippen LogP contribution in [0.5, 0.6) is 0 Å². The van der Waals surface area contributed by atoms with Crippen molar-refractivity contribution >= 4 is 12.0 Å². The van der Waals surface area contributed by atoms with Crippen LogP contribution in [-0.4, -0.2) is 38.7 Å². The van der Waals surface area contributed by atoms with Crippen LogP contribution in [0.15, 0.2) is 43.5 Å². The van der Waals surface area contributed by atoms with E-state index in [4.69, 9.17) is 0 Å². The van der Waals surface area contributed by atoms with Crippen LogP contribution in [0.4, 0.5) is 0 Å². The quantitative estimate of drug-likeness (QED) is 0.474. The summed E-state index contributed by atoms with van der Waals surface area (Å²) >= 11 is 0. The number of rotatable bonds is 4. The minimum Gasteiger partial charge on any atom is -0.466 e. The van der Waals surface area contributed by atoms with Crippen LogP contribution < -0.4 is 0 Å². The molecule has 0 heterocycles. The van der Waals surface area contributed by atoms with Crippen molar-refractivity contribution in [2.45, 2.75) is 6.54 Å². The van der Waals surface area contributed by atoms with Gasteiger partial charge in [0.1, 0.15) is 6.54 Å². The topological polar surface area (TPSA) is 26.3 Å². The van der Waals surface area contributed by atoms with Gasteiger partial charge in [0.15, 0.2) is 0 Å². The number of hydrogen-bond donors (Lipinski definition) is 0. The lowest BCUT2D eigenvalue weighted by Gasteiger charge is -2.24. The molecule has 0 aliphatic heterocycles. The molecule has 0 amide bonds. The van der Waals surface area contributed by atoms with Crippen molar-refractivity contribution in [3.63, 3.8) is 0 Å². The maximum absolute atomic E-state index is 9.84. The summed E-state index contributed by atoms with van der Waals surface area (Å²) in [6.45, 7) is 8.02. The maximum atomic E-state index is 9.84. The molecule has 0 saturated carbocycles. The molecule has 104 valence electrons. The monoisotopic (exact) mass is 262 g/mol. The number of methoxy groups -OCH3 is 1. The molecule has 3 heteroatoms. The van der Waals surface area contributed by atoms with Crippen LogP contribution in [0.1, 0.15) is 11.1 Å². The fourth-order valence-corrected chi connectivity index (χ4v) is 1.47. The van der Waals surface area contributed by atoms with Crippen LogP contribution in [0.3, 0.4) is 0 Å². The molecule has 0 aromatic heterocycles. The molecular formula is C16H24NO2+. The van der Waals surface area contributed by atoms with Crippen LogP contribution in [0.2, 0.25) is 0 Å². The highest BCUT2D eigenvalue weighted by atomic mass is 16.5. The molecule has 0 unspecified atom stereocenters. The second kappa shape index (κ2) is 8.27. The summed E-state index contributed by atoms with van der Waals surface area (Å²) in [6, 6.07) is 8.41. The third-order valence-corrected chi connectivity index (χ3v) is 2.29. The minimum absolute atomic E-state index is 0.394. The maximum Gasteiger partial charge on any atom is 0.329 e. The Hall–Kier alpha value is -1.87. The first-order valence-corrected chi connectivity index (χ1v) is 6.05. The standard InChI is InChI=1S/C12H18N.C4H6O2/c1-5-11-8-6-7-9-12(11)10-13(2,3)4;1-3-4(5)6-2/h5-9H,1,10H2,2-4H3;3H,1H2,2H3/q+1;. The van der Waals surface area contributed by atoms with E-state index in [1.807, 2.05) is 6.08 Å². The van der Waals surface area contributed by atoms with Crippen molar-refractivity contribution in [2.24, 2.45) is 0 Å². The highest BCUT2D eigenvalue weighted by Gasteiger charge is 2.09. The van der Waals surface area contributed by atoms with Gasteiger partial charge in [-0.3, -0.25) is 0 Å². The molecule has 1 rings (SSSR count). The first kappa shape index (κ1) is 17.1. The van der Waals surface area contributed by atoms with Crippen molar-refractivity contribution in [3.05, 3.63) is 54.6 Å². The van der Waals surface area contributed by atoms with Crippen molar-refractivity contribution in [1.82, 2.24) is 0 Å². The van der Waals surface area contributed by atoms with E-state index >= 15 is 0 Å². The summed E-state index contributed by atoms with van der Waals surface area (Å²) in [6.07, 6.45) is 3.03. The number of carbonyl (C=O) groups is 1. The molecule has 0 bridgehead atoms. The molecule has 0 radical (unpaired) electrons. The Morgan fingerprint density at radius 1 is 1.26 bits per heavy atom. The summed E-state index contributed by atoms with van der Waals surface area (Å²) in [5, 5.41) is 0. The van der Waals surface area contributed by atoms with E-state index in [0.717, 1.165) is 17.1 Å². The molecule has 0 N–H and O–H groups in total. The van der Waals surface area contributed by atoms with Gasteiger partial charge in [0, 0.05) is 11.6 Å². The Labute approximate surface area is 116 Å². The van der Waals surface area contributed by atoms with Gasteiger partial charge < -0.3 is 9.22 Å². The van der Waals surface area contributed by atoms with Gasteiger partial charge in [-0.15, -0.1) is 0 Å². The smallest absolute Gasteiger partial charge is 0.329 e. The van der Waals surface area contributed by atoms with Crippen molar-refractivity contribution in [3.8, 4) is 0 Å². The Morgan fingerprint density at radius 2 is 1.84 bits per heavy atom. The zero-order chi connectivity index (χ0) is 14.9. The summed E-state index contributed by atoms with van der Waals surface area (Å²) in [5.74, 6) is -0.394. The van der Waals surface area contributed by atoms with E-state index in [2.05, 4.69) is 63.3 Å². The van der Waals surface area contributed by atoms with Gasteiger partial charge in [0.25, 0.3) is 0 Å². The first-order chi connectivity index (χ1) is 8.84. The van der Waals surface area contributed by atoms with Crippen LogP contribution in [0, 0.1) is 0 Å². The zero-order valence-corrected chi connectivity index (χ0v) is 12.3. The third-order valence-electron chi connectivity index (χ3n) is 2.29. The average molecular weight is 262 g/mol. The lowest BCUT2D eigenvalue weighted by atomic mass is 10.1. The molecule has 1 aromatic rings. The van der Waals surface area contributed by atoms with Crippen LogP contribution in [-0.2, 0) is 16.1 Å². The fraction of sp³-hybridized carbons (Fsp3) is 0.312. The van der Waals surface area contributed by atoms with E-state index in [1.54, 1.807) is 0 Å². The number of ether oxygens (including phenoxy) is 1. The molecule has 19 heavy (non-hydrogen) atoms. The van der Waals surface area contributed by atoms with E-state index in [9.17, 15) is 4.79 Å². The highest BCUT2D eigenvalue weighted by Crippen LogP contribution is 2.13. The number of esters is 1. The Balaban J connectivity index is 0.000000459. The van der Waals surface area contributed by atoms with Crippen LogP contribution in [0.25, 0.3) is 6.08 Å². The first-order valence-electron chi connectivity index (χ1n) is 6.05. The molecule has 0 aliphatic rings. The number of quaternary nitrogens is 1. The Bertz CT molecular complexity index is 431. The van der Waals surface area contributed by atoms with E-state index in [1.165, 1.54) is 18.2 Å². The molecule has 1 aromatic carbocycles. The Kier molecular flexibility index (Phi) is 7.46. The summed E-state index contributed by atoms with van der Waals surface area (Å²) < 4.78 is 5.09. The normalized spacial score (nSPS) is 9.89. The summed E-state index contributed by atoms with van der Waals surface area (Å²) in [4.78, 5) is 9.84. The fourth-order valence-electron chi connectivity index (χ4n) is 1.47. The van der Waals surface area contributed by atoms with Crippen LogP contribution >= 0.6 is 0 Å². The minimum atomic E-state index is -0.394. The molecule has 0 aliphatic carbocycles. The lowest BCUT2D eigenvalue weighted by molar-refractivity contribution is -0.884. The van der Waals surface area contributed by atoms with Gasteiger partial charge in [-0.2, -0.15) is 0 Å². The molecule has 0 saturated heterocycles.